The molecule has 20 heavy (non-hydrogen) atoms. The molecule has 9 heteroatoms. The second kappa shape index (κ2) is 6.75. The molecule has 0 radical (unpaired) electrons. The van der Waals surface area contributed by atoms with Crippen molar-refractivity contribution >= 4 is 29.0 Å². The summed E-state index contributed by atoms with van der Waals surface area (Å²) in [7, 11) is 0. The summed E-state index contributed by atoms with van der Waals surface area (Å²) in [5.41, 5.74) is 3.81. The van der Waals surface area contributed by atoms with Crippen molar-refractivity contribution in [2.45, 2.75) is 6.18 Å². The van der Waals surface area contributed by atoms with Gasteiger partial charge in [0, 0.05) is 18.0 Å². The van der Waals surface area contributed by atoms with Gasteiger partial charge in [-0.15, -0.1) is 0 Å². The molecule has 0 saturated heterocycles. The summed E-state index contributed by atoms with van der Waals surface area (Å²) in [5.74, 6) is 0. The number of halogens is 3. The lowest BCUT2D eigenvalue weighted by Gasteiger charge is -2.07. The minimum atomic E-state index is -4.49. The molecule has 106 valence electrons. The Balaban J connectivity index is 0.000000217. The molecule has 0 aromatic carbocycles. The molecule has 2 aromatic rings. The molecule has 0 bridgehead atoms. The fraction of sp³-hybridized carbons (Fsp3) is 0.0909. The van der Waals surface area contributed by atoms with Crippen LogP contribution >= 0.6 is 11.3 Å². The number of pyridine rings is 1. The van der Waals surface area contributed by atoms with Crippen LogP contribution in [0.15, 0.2) is 24.7 Å². The van der Waals surface area contributed by atoms with Crippen LogP contribution in [0.4, 0.5) is 18.3 Å². The number of hydrogen-bond acceptors (Lipinski definition) is 6. The van der Waals surface area contributed by atoms with E-state index in [4.69, 9.17) is 5.73 Å². The van der Waals surface area contributed by atoms with Gasteiger partial charge in [0.05, 0.1) is 16.6 Å². The molecular formula is C11H8F3N3O2S. The first-order chi connectivity index (χ1) is 9.38. The number of nitrogens with two attached hydrogens (primary N) is 1. The molecule has 0 unspecified atom stereocenters. The number of carbonyl (C=O) groups excluding carboxylic acids is 2. The number of hydrogen-bond donors (Lipinski definition) is 1. The molecule has 0 atom stereocenters. The van der Waals surface area contributed by atoms with Crippen molar-refractivity contribution in [2.24, 2.45) is 0 Å². The van der Waals surface area contributed by atoms with Gasteiger partial charge < -0.3 is 5.73 Å². The number of anilines is 1. The summed E-state index contributed by atoms with van der Waals surface area (Å²) < 4.78 is 36.1. The second-order valence-corrected chi connectivity index (χ2v) is 4.39. The summed E-state index contributed by atoms with van der Waals surface area (Å²) in [6, 6.07) is 0.768. The highest BCUT2D eigenvalue weighted by atomic mass is 32.1. The van der Waals surface area contributed by atoms with Crippen LogP contribution < -0.4 is 5.73 Å². The van der Waals surface area contributed by atoms with E-state index in [1.807, 2.05) is 0 Å². The van der Waals surface area contributed by atoms with Crippen LogP contribution in [-0.4, -0.2) is 22.5 Å². The second-order valence-electron chi connectivity index (χ2n) is 3.30. The average Bonchev–Trinajstić information content (AvgIpc) is 2.84. The zero-order chi connectivity index (χ0) is 15.2. The summed E-state index contributed by atoms with van der Waals surface area (Å²) in [4.78, 5) is 27.7. The van der Waals surface area contributed by atoms with E-state index in [1.54, 1.807) is 0 Å². The number of aldehydes is 2. The highest BCUT2D eigenvalue weighted by Gasteiger charge is 2.32. The standard InChI is InChI=1S/C7H4F3NO.C4H4N2OS/c8-7(9,10)6-1-2-11-3-5(6)4-12;5-4-6-1-3(2-7)8-4/h1-4H;1-2H,(H2,5,6). The summed E-state index contributed by atoms with van der Waals surface area (Å²) in [6.07, 6.45) is -0.290. The van der Waals surface area contributed by atoms with Gasteiger partial charge in [-0.1, -0.05) is 11.3 Å². The number of nitrogen functional groups attached to an aromatic ring is 1. The minimum absolute atomic E-state index is 0.135. The third-order valence-corrected chi connectivity index (χ3v) is 2.69. The van der Waals surface area contributed by atoms with Gasteiger partial charge in [0.2, 0.25) is 0 Å². The van der Waals surface area contributed by atoms with Gasteiger partial charge in [0.25, 0.3) is 0 Å². The molecule has 0 aliphatic heterocycles. The lowest BCUT2D eigenvalue weighted by Crippen LogP contribution is -2.08. The topological polar surface area (TPSA) is 85.9 Å². The van der Waals surface area contributed by atoms with E-state index < -0.39 is 17.3 Å². The van der Waals surface area contributed by atoms with Crippen molar-refractivity contribution in [1.29, 1.82) is 0 Å². The third-order valence-electron chi connectivity index (χ3n) is 1.94. The first-order valence-electron chi connectivity index (χ1n) is 5.01. The Labute approximate surface area is 115 Å². The highest BCUT2D eigenvalue weighted by molar-refractivity contribution is 7.16. The van der Waals surface area contributed by atoms with Crippen LogP contribution in [0.5, 0.6) is 0 Å². The monoisotopic (exact) mass is 303 g/mol. The lowest BCUT2D eigenvalue weighted by molar-refractivity contribution is -0.137. The minimum Gasteiger partial charge on any atom is -0.375 e. The normalized spacial score (nSPS) is 10.3. The van der Waals surface area contributed by atoms with E-state index in [0.717, 1.165) is 24.7 Å². The van der Waals surface area contributed by atoms with E-state index in [-0.39, 0.29) is 6.29 Å². The van der Waals surface area contributed by atoms with Crippen molar-refractivity contribution in [2.75, 3.05) is 5.73 Å². The molecule has 5 nitrogen and oxygen atoms in total. The van der Waals surface area contributed by atoms with Crippen LogP contribution in [0.3, 0.4) is 0 Å². The SMILES string of the molecule is Nc1ncc(C=O)s1.O=Cc1cnccc1C(F)(F)F. The predicted octanol–water partition coefficient (Wildman–Crippen LogP) is 2.45. The zero-order valence-electron chi connectivity index (χ0n) is 9.79. The third kappa shape index (κ3) is 4.43. The molecule has 2 heterocycles. The molecule has 0 amide bonds. The lowest BCUT2D eigenvalue weighted by atomic mass is 10.1. The molecular weight excluding hydrogens is 295 g/mol. The molecule has 0 fully saturated rings. The molecule has 2 N–H and O–H groups in total. The van der Waals surface area contributed by atoms with E-state index in [9.17, 15) is 22.8 Å². The van der Waals surface area contributed by atoms with Gasteiger partial charge in [-0.05, 0) is 6.07 Å². The van der Waals surface area contributed by atoms with E-state index in [1.165, 1.54) is 17.5 Å². The van der Waals surface area contributed by atoms with Crippen LogP contribution in [0.25, 0.3) is 0 Å². The largest absolute Gasteiger partial charge is 0.417 e. The van der Waals surface area contributed by atoms with Gasteiger partial charge >= 0.3 is 6.18 Å². The Morgan fingerprint density at radius 3 is 2.25 bits per heavy atom. The Morgan fingerprint density at radius 2 is 1.90 bits per heavy atom. The maximum Gasteiger partial charge on any atom is 0.417 e. The summed E-state index contributed by atoms with van der Waals surface area (Å²) in [6.45, 7) is 0. The Kier molecular flexibility index (Phi) is 5.32. The number of aromatic nitrogens is 2. The quantitative estimate of drug-likeness (QED) is 0.861. The van der Waals surface area contributed by atoms with E-state index in [0.29, 0.717) is 10.0 Å². The Bertz CT molecular complexity index is 599. The first-order valence-corrected chi connectivity index (χ1v) is 5.83. The van der Waals surface area contributed by atoms with Crippen molar-refractivity contribution in [1.82, 2.24) is 9.97 Å². The number of rotatable bonds is 2. The maximum atomic E-state index is 12.0. The smallest absolute Gasteiger partial charge is 0.375 e. The molecule has 2 rings (SSSR count). The van der Waals surface area contributed by atoms with Crippen molar-refractivity contribution in [3.63, 3.8) is 0 Å². The number of alkyl halides is 3. The highest BCUT2D eigenvalue weighted by Crippen LogP contribution is 2.30. The molecule has 2 aromatic heterocycles. The van der Waals surface area contributed by atoms with E-state index >= 15 is 0 Å². The van der Waals surface area contributed by atoms with Crippen molar-refractivity contribution in [3.05, 3.63) is 40.7 Å². The van der Waals surface area contributed by atoms with Gasteiger partial charge in [0.15, 0.2) is 17.7 Å². The van der Waals surface area contributed by atoms with Crippen LogP contribution in [-0.2, 0) is 6.18 Å². The van der Waals surface area contributed by atoms with Crippen molar-refractivity contribution in [3.8, 4) is 0 Å². The molecule has 0 aliphatic carbocycles. The summed E-state index contributed by atoms with van der Waals surface area (Å²) in [5, 5.41) is 0.437. The van der Waals surface area contributed by atoms with Gasteiger partial charge in [-0.3, -0.25) is 14.6 Å². The molecule has 0 saturated carbocycles. The number of carbonyl (C=O) groups is 2. The Hall–Kier alpha value is -2.29. The van der Waals surface area contributed by atoms with Gasteiger partial charge in [-0.2, -0.15) is 13.2 Å². The first kappa shape index (κ1) is 15.8. The maximum absolute atomic E-state index is 12.0. The fourth-order valence-corrected chi connectivity index (χ4v) is 1.61. The average molecular weight is 303 g/mol. The van der Waals surface area contributed by atoms with Crippen LogP contribution in [0, 0.1) is 0 Å². The molecule has 0 spiro atoms. The zero-order valence-corrected chi connectivity index (χ0v) is 10.6. The Morgan fingerprint density at radius 1 is 1.20 bits per heavy atom. The number of thiazole rings is 1. The van der Waals surface area contributed by atoms with Crippen molar-refractivity contribution < 1.29 is 22.8 Å². The van der Waals surface area contributed by atoms with Gasteiger partial charge in [-0.25, -0.2) is 4.98 Å². The number of nitrogens with zero attached hydrogens (tertiary/aromatic N) is 2. The van der Waals surface area contributed by atoms with Crippen LogP contribution in [0.2, 0.25) is 0 Å². The fourth-order valence-electron chi connectivity index (χ4n) is 1.11. The van der Waals surface area contributed by atoms with Gasteiger partial charge in [0.1, 0.15) is 0 Å². The summed E-state index contributed by atoms with van der Waals surface area (Å²) >= 11 is 1.19. The predicted molar refractivity (Wildman–Crippen MR) is 66.5 cm³/mol. The molecule has 0 aliphatic rings. The van der Waals surface area contributed by atoms with Crippen LogP contribution in [0.1, 0.15) is 25.6 Å². The van der Waals surface area contributed by atoms with E-state index in [2.05, 4.69) is 9.97 Å².